The molecule has 0 fully saturated rings. The summed E-state index contributed by atoms with van der Waals surface area (Å²) in [4.78, 5) is 38.2. The van der Waals surface area contributed by atoms with E-state index in [-0.39, 0.29) is 18.1 Å². The van der Waals surface area contributed by atoms with E-state index < -0.39 is 18.5 Å². The first-order valence-electron chi connectivity index (χ1n) is 10.6. The van der Waals surface area contributed by atoms with Gasteiger partial charge in [0.1, 0.15) is 10.8 Å². The van der Waals surface area contributed by atoms with Crippen LogP contribution >= 0.6 is 11.3 Å². The highest BCUT2D eigenvalue weighted by atomic mass is 32.1. The normalized spacial score (nSPS) is 12.7. The fraction of sp³-hybridized carbons (Fsp3) is 0.435. The van der Waals surface area contributed by atoms with Crippen molar-refractivity contribution in [3.8, 4) is 0 Å². The van der Waals surface area contributed by atoms with Crippen LogP contribution in [0.3, 0.4) is 0 Å². The number of halogens is 1. The average molecular weight is 463 g/mol. The third-order valence-corrected chi connectivity index (χ3v) is 6.35. The van der Waals surface area contributed by atoms with Crippen LogP contribution in [0.25, 0.3) is 0 Å². The van der Waals surface area contributed by atoms with Crippen LogP contribution in [0.15, 0.2) is 24.3 Å². The van der Waals surface area contributed by atoms with Gasteiger partial charge in [0.25, 0.3) is 11.8 Å². The molecule has 3 rings (SSSR count). The minimum Gasteiger partial charge on any atom is -0.456 e. The van der Waals surface area contributed by atoms with Crippen molar-refractivity contribution >= 4 is 34.1 Å². The molecule has 2 N–H and O–H groups in total. The van der Waals surface area contributed by atoms with Gasteiger partial charge in [-0.2, -0.15) is 0 Å². The predicted octanol–water partition coefficient (Wildman–Crippen LogP) is 3.26. The van der Waals surface area contributed by atoms with Gasteiger partial charge in [-0.15, -0.1) is 11.3 Å². The molecular weight excluding hydrogens is 435 g/mol. The molecule has 7 nitrogen and oxygen atoms in total. The number of anilines is 1. The summed E-state index contributed by atoms with van der Waals surface area (Å²) in [6, 6.07) is 5.87. The van der Waals surface area contributed by atoms with E-state index in [1.165, 1.54) is 23.5 Å². The largest absolute Gasteiger partial charge is 0.456 e. The number of benzene rings is 1. The summed E-state index contributed by atoms with van der Waals surface area (Å²) < 4.78 is 23.0. The Kier molecular flexibility index (Phi) is 8.75. The highest BCUT2D eigenvalue weighted by molar-refractivity contribution is 7.17. The van der Waals surface area contributed by atoms with Crippen LogP contribution in [0, 0.1) is 5.82 Å². The Balaban J connectivity index is 1.55. The van der Waals surface area contributed by atoms with Crippen LogP contribution in [0.1, 0.15) is 45.6 Å². The number of esters is 1. The highest BCUT2D eigenvalue weighted by Crippen LogP contribution is 2.38. The smallest absolute Gasteiger partial charge is 0.306 e. The molecule has 172 valence electrons. The molecule has 0 saturated carbocycles. The lowest BCUT2D eigenvalue weighted by Gasteiger charge is -2.13. The summed E-state index contributed by atoms with van der Waals surface area (Å²) in [6.45, 7) is 0.336. The van der Waals surface area contributed by atoms with Crippen LogP contribution in [-0.2, 0) is 38.3 Å². The van der Waals surface area contributed by atoms with E-state index in [1.54, 1.807) is 19.2 Å². The van der Waals surface area contributed by atoms with Crippen LogP contribution in [-0.4, -0.2) is 44.7 Å². The lowest BCUT2D eigenvalue weighted by atomic mass is 9.95. The zero-order valence-corrected chi connectivity index (χ0v) is 18.8. The first kappa shape index (κ1) is 23.9. The van der Waals surface area contributed by atoms with Gasteiger partial charge >= 0.3 is 5.97 Å². The van der Waals surface area contributed by atoms with E-state index >= 15 is 0 Å². The van der Waals surface area contributed by atoms with Gasteiger partial charge < -0.3 is 20.1 Å². The van der Waals surface area contributed by atoms with E-state index in [4.69, 9.17) is 9.47 Å². The van der Waals surface area contributed by atoms with Gasteiger partial charge in [-0.3, -0.25) is 14.4 Å². The zero-order chi connectivity index (χ0) is 22.9. The van der Waals surface area contributed by atoms with Gasteiger partial charge in [0.2, 0.25) is 0 Å². The van der Waals surface area contributed by atoms with E-state index in [0.717, 1.165) is 41.7 Å². The fourth-order valence-electron chi connectivity index (χ4n) is 3.53. The molecule has 1 aromatic carbocycles. The molecule has 0 atom stereocenters. The van der Waals surface area contributed by atoms with Crippen molar-refractivity contribution in [2.45, 2.75) is 38.5 Å². The monoisotopic (exact) mass is 462 g/mol. The number of hydrogen-bond donors (Lipinski definition) is 2. The van der Waals surface area contributed by atoms with Gasteiger partial charge in [0.15, 0.2) is 6.61 Å². The molecule has 0 radical (unpaired) electrons. The Morgan fingerprint density at radius 3 is 2.62 bits per heavy atom. The van der Waals surface area contributed by atoms with Crippen LogP contribution in [0.5, 0.6) is 0 Å². The number of carbonyl (C=O) groups excluding carboxylic acids is 3. The lowest BCUT2D eigenvalue weighted by Crippen LogP contribution is -2.29. The van der Waals surface area contributed by atoms with Gasteiger partial charge in [0.05, 0.1) is 12.2 Å². The first-order chi connectivity index (χ1) is 15.5. The van der Waals surface area contributed by atoms with Crippen LogP contribution in [0.4, 0.5) is 9.39 Å². The Hall–Kier alpha value is -2.78. The summed E-state index contributed by atoms with van der Waals surface area (Å²) >= 11 is 1.41. The number of fused-ring (bicyclic) bond motifs is 1. The van der Waals surface area contributed by atoms with Crippen LogP contribution < -0.4 is 10.6 Å². The second-order valence-electron chi connectivity index (χ2n) is 7.50. The molecule has 32 heavy (non-hydrogen) atoms. The third-order valence-electron chi connectivity index (χ3n) is 5.14. The van der Waals surface area contributed by atoms with E-state index in [2.05, 4.69) is 10.6 Å². The van der Waals surface area contributed by atoms with Crippen molar-refractivity contribution in [3.63, 3.8) is 0 Å². The Morgan fingerprint density at radius 2 is 1.88 bits per heavy atom. The number of thiophene rings is 1. The molecule has 1 heterocycles. The first-order valence-corrected chi connectivity index (χ1v) is 11.4. The number of nitrogens with one attached hydrogen (secondary N) is 2. The Bertz CT molecular complexity index is 958. The third kappa shape index (κ3) is 6.61. The molecule has 1 aliphatic carbocycles. The second-order valence-corrected chi connectivity index (χ2v) is 8.60. The summed E-state index contributed by atoms with van der Waals surface area (Å²) in [5.74, 6) is -1.60. The highest BCUT2D eigenvalue weighted by Gasteiger charge is 2.26. The number of aryl methyl sites for hydroxylation is 2. The Labute approximate surface area is 190 Å². The van der Waals surface area contributed by atoms with E-state index in [0.29, 0.717) is 30.1 Å². The number of amides is 2. The predicted molar refractivity (Wildman–Crippen MR) is 119 cm³/mol. The molecule has 9 heteroatoms. The maximum absolute atomic E-state index is 12.9. The maximum atomic E-state index is 12.9. The van der Waals surface area contributed by atoms with Gasteiger partial charge in [-0.05, 0) is 55.4 Å². The van der Waals surface area contributed by atoms with Crippen molar-refractivity contribution in [3.05, 3.63) is 51.7 Å². The van der Waals surface area contributed by atoms with E-state index in [9.17, 15) is 18.8 Å². The van der Waals surface area contributed by atoms with Crippen molar-refractivity contribution in [1.29, 1.82) is 0 Å². The molecule has 1 aromatic heterocycles. The van der Waals surface area contributed by atoms with Crippen molar-refractivity contribution in [1.82, 2.24) is 5.32 Å². The molecular formula is C23H27FN2O5S. The molecule has 2 aromatic rings. The summed E-state index contributed by atoms with van der Waals surface area (Å²) in [6.07, 6.45) is 4.21. The molecule has 0 aliphatic heterocycles. The zero-order valence-electron chi connectivity index (χ0n) is 18.0. The van der Waals surface area contributed by atoms with E-state index in [1.807, 2.05) is 0 Å². The SMILES string of the molecule is COCCNC(=O)c1c(NC(=O)COC(=O)CCc2ccc(F)cc2)sc2c1CCCC2. The fourth-order valence-corrected chi connectivity index (χ4v) is 4.83. The molecule has 0 spiro atoms. The topological polar surface area (TPSA) is 93.7 Å². The maximum Gasteiger partial charge on any atom is 0.306 e. The number of ether oxygens (including phenoxy) is 2. The second kappa shape index (κ2) is 11.7. The minimum atomic E-state index is -0.521. The quantitative estimate of drug-likeness (QED) is 0.418. The lowest BCUT2D eigenvalue weighted by molar-refractivity contribution is -0.147. The van der Waals surface area contributed by atoms with Gasteiger partial charge in [0, 0.05) is 25.0 Å². The molecule has 2 amide bonds. The van der Waals surface area contributed by atoms with Gasteiger partial charge in [-0.1, -0.05) is 12.1 Å². The summed E-state index contributed by atoms with van der Waals surface area (Å²) in [5.41, 5.74) is 2.29. The Morgan fingerprint density at radius 1 is 1.12 bits per heavy atom. The molecule has 0 bridgehead atoms. The number of hydrogen-bond acceptors (Lipinski definition) is 6. The molecule has 0 unspecified atom stereocenters. The van der Waals surface area contributed by atoms with Gasteiger partial charge in [-0.25, -0.2) is 4.39 Å². The minimum absolute atomic E-state index is 0.0827. The molecule has 0 saturated heterocycles. The van der Waals surface area contributed by atoms with Crippen LogP contribution in [0.2, 0.25) is 0 Å². The standard InChI is InChI=1S/C23H27FN2O5S/c1-30-13-12-25-22(29)21-17-4-2-3-5-18(17)32-23(21)26-19(27)14-31-20(28)11-8-15-6-9-16(24)10-7-15/h6-7,9-10H,2-5,8,11-14H2,1H3,(H,25,29)(H,26,27). The number of methoxy groups -OCH3 is 1. The van der Waals surface area contributed by atoms with Crippen molar-refractivity contribution in [2.24, 2.45) is 0 Å². The van der Waals surface area contributed by atoms with Crippen molar-refractivity contribution in [2.75, 3.05) is 32.2 Å². The summed E-state index contributed by atoms with van der Waals surface area (Å²) in [5, 5.41) is 6.05. The number of carbonyl (C=O) groups is 3. The molecule has 1 aliphatic rings. The number of rotatable bonds is 10. The van der Waals surface area contributed by atoms with Crippen molar-refractivity contribution < 1.29 is 28.2 Å². The summed E-state index contributed by atoms with van der Waals surface area (Å²) in [7, 11) is 1.56. The average Bonchev–Trinajstić information content (AvgIpc) is 3.15.